The second-order valence-electron chi connectivity index (χ2n) is 6.72. The van der Waals surface area contributed by atoms with Gasteiger partial charge in [-0.3, -0.25) is 19.8 Å². The van der Waals surface area contributed by atoms with E-state index in [0.717, 1.165) is 43.1 Å². The van der Waals surface area contributed by atoms with Crippen LogP contribution in [0.4, 0.5) is 0 Å². The minimum Gasteiger partial charge on any atom is -0.508 e. The fraction of sp³-hybridized carbons (Fsp3) is 0.273. The molecule has 0 saturated heterocycles. The number of rotatable bonds is 9. The first-order chi connectivity index (χ1) is 13.2. The molecule has 140 valence electrons. The van der Waals surface area contributed by atoms with Crippen molar-refractivity contribution in [1.82, 2.24) is 19.8 Å². The van der Waals surface area contributed by atoms with E-state index in [1.807, 2.05) is 67.0 Å². The van der Waals surface area contributed by atoms with Gasteiger partial charge >= 0.3 is 0 Å². The molecule has 5 nitrogen and oxygen atoms in total. The van der Waals surface area contributed by atoms with Crippen LogP contribution >= 0.6 is 0 Å². The molecule has 0 radical (unpaired) electrons. The van der Waals surface area contributed by atoms with Gasteiger partial charge in [0.15, 0.2) is 0 Å². The number of nitrogens with zero attached hydrogens (tertiary/aromatic N) is 4. The van der Waals surface area contributed by atoms with Crippen LogP contribution in [0.1, 0.15) is 17.0 Å². The topological polar surface area (TPSA) is 52.5 Å². The van der Waals surface area contributed by atoms with Crippen LogP contribution in [0.2, 0.25) is 0 Å². The van der Waals surface area contributed by atoms with Gasteiger partial charge in [0.2, 0.25) is 0 Å². The Labute approximate surface area is 160 Å². The lowest BCUT2D eigenvalue weighted by Crippen LogP contribution is -2.33. The Morgan fingerprint density at radius 2 is 1.37 bits per heavy atom. The van der Waals surface area contributed by atoms with E-state index in [1.165, 1.54) is 0 Å². The molecule has 3 aromatic rings. The number of benzene rings is 1. The Bertz CT molecular complexity index is 811. The first-order valence-corrected chi connectivity index (χ1v) is 9.18. The maximum Gasteiger partial charge on any atom is 0.120 e. The van der Waals surface area contributed by atoms with Gasteiger partial charge in [-0.1, -0.05) is 30.3 Å². The lowest BCUT2D eigenvalue weighted by Gasteiger charge is -2.25. The van der Waals surface area contributed by atoms with Crippen molar-refractivity contribution in [3.8, 4) is 5.75 Å². The van der Waals surface area contributed by atoms with Crippen molar-refractivity contribution in [2.75, 3.05) is 20.1 Å². The van der Waals surface area contributed by atoms with Crippen LogP contribution in [-0.2, 0) is 19.6 Å². The molecule has 0 aliphatic rings. The summed E-state index contributed by atoms with van der Waals surface area (Å²) in [6.07, 6.45) is 3.65. The van der Waals surface area contributed by atoms with Gasteiger partial charge < -0.3 is 5.11 Å². The average molecular weight is 362 g/mol. The molecule has 1 N–H and O–H groups in total. The highest BCUT2D eigenvalue weighted by Crippen LogP contribution is 2.18. The molecule has 1 aromatic carbocycles. The smallest absolute Gasteiger partial charge is 0.120 e. The van der Waals surface area contributed by atoms with Crippen molar-refractivity contribution in [3.05, 3.63) is 90.0 Å². The Morgan fingerprint density at radius 1 is 0.741 bits per heavy atom. The number of aromatic nitrogens is 2. The van der Waals surface area contributed by atoms with Crippen LogP contribution in [0.25, 0.3) is 0 Å². The SMILES string of the molecule is CN(CCN(Cc1ccccn1)Cc1ccccc1O)Cc1ccccn1. The van der Waals surface area contributed by atoms with Gasteiger partial charge in [-0.25, -0.2) is 0 Å². The number of para-hydroxylation sites is 1. The van der Waals surface area contributed by atoms with E-state index in [-0.39, 0.29) is 0 Å². The summed E-state index contributed by atoms with van der Waals surface area (Å²) >= 11 is 0. The summed E-state index contributed by atoms with van der Waals surface area (Å²) in [6.45, 7) is 4.01. The summed E-state index contributed by atoms with van der Waals surface area (Å²) in [7, 11) is 2.10. The standard InChI is InChI=1S/C22H26N4O/c1-25(17-20-9-4-6-12-23-20)14-15-26(18-21-10-5-7-13-24-21)16-19-8-2-3-11-22(19)27/h2-13,27H,14-18H2,1H3. The summed E-state index contributed by atoms with van der Waals surface area (Å²) in [5.41, 5.74) is 3.03. The first-order valence-electron chi connectivity index (χ1n) is 9.18. The fourth-order valence-electron chi connectivity index (χ4n) is 2.98. The molecule has 0 aliphatic carbocycles. The summed E-state index contributed by atoms with van der Waals surface area (Å²) in [5, 5.41) is 10.1. The van der Waals surface area contributed by atoms with E-state index in [2.05, 4.69) is 26.8 Å². The summed E-state index contributed by atoms with van der Waals surface area (Å²) in [5.74, 6) is 0.338. The van der Waals surface area contributed by atoms with Crippen molar-refractivity contribution in [3.63, 3.8) is 0 Å². The van der Waals surface area contributed by atoms with Gasteiger partial charge in [0.05, 0.1) is 11.4 Å². The predicted molar refractivity (Wildman–Crippen MR) is 107 cm³/mol. The number of phenolic OH excluding ortho intramolecular Hbond substituents is 1. The molecule has 2 heterocycles. The molecule has 0 unspecified atom stereocenters. The van der Waals surface area contributed by atoms with Crippen molar-refractivity contribution >= 4 is 0 Å². The number of pyridine rings is 2. The average Bonchev–Trinajstić information content (AvgIpc) is 2.69. The molecule has 5 heteroatoms. The highest BCUT2D eigenvalue weighted by molar-refractivity contribution is 5.31. The zero-order chi connectivity index (χ0) is 18.9. The fourth-order valence-corrected chi connectivity index (χ4v) is 2.98. The van der Waals surface area contributed by atoms with E-state index in [4.69, 9.17) is 0 Å². The zero-order valence-corrected chi connectivity index (χ0v) is 15.7. The zero-order valence-electron chi connectivity index (χ0n) is 15.7. The quantitative estimate of drug-likeness (QED) is 0.633. The second kappa shape index (κ2) is 9.80. The molecule has 2 aromatic heterocycles. The van der Waals surface area contributed by atoms with Crippen molar-refractivity contribution in [1.29, 1.82) is 0 Å². The van der Waals surface area contributed by atoms with Crippen LogP contribution in [0.15, 0.2) is 73.1 Å². The van der Waals surface area contributed by atoms with Crippen molar-refractivity contribution in [2.24, 2.45) is 0 Å². The monoisotopic (exact) mass is 362 g/mol. The van der Waals surface area contributed by atoms with Crippen molar-refractivity contribution in [2.45, 2.75) is 19.6 Å². The first kappa shape index (κ1) is 19.0. The summed E-state index contributed by atoms with van der Waals surface area (Å²) in [4.78, 5) is 13.4. The Kier molecular flexibility index (Phi) is 6.90. The molecule has 0 fully saturated rings. The molecule has 0 spiro atoms. The van der Waals surface area contributed by atoms with E-state index < -0.39 is 0 Å². The van der Waals surface area contributed by atoms with E-state index in [9.17, 15) is 5.11 Å². The molecule has 0 amide bonds. The van der Waals surface area contributed by atoms with Gasteiger partial charge in [-0.05, 0) is 37.4 Å². The number of hydrogen-bond acceptors (Lipinski definition) is 5. The molecule has 27 heavy (non-hydrogen) atoms. The van der Waals surface area contributed by atoms with Gasteiger partial charge in [0, 0.05) is 50.7 Å². The lowest BCUT2D eigenvalue weighted by atomic mass is 10.2. The maximum atomic E-state index is 10.1. The molecule has 3 rings (SSSR count). The van der Waals surface area contributed by atoms with Crippen LogP contribution in [0.5, 0.6) is 5.75 Å². The molecule has 0 saturated carbocycles. The van der Waals surface area contributed by atoms with Crippen LogP contribution in [-0.4, -0.2) is 45.0 Å². The Hall–Kier alpha value is -2.76. The number of hydrogen-bond donors (Lipinski definition) is 1. The number of aromatic hydroxyl groups is 1. The third-order valence-corrected chi connectivity index (χ3v) is 4.45. The highest BCUT2D eigenvalue weighted by Gasteiger charge is 2.12. The van der Waals surface area contributed by atoms with E-state index in [0.29, 0.717) is 12.3 Å². The van der Waals surface area contributed by atoms with Crippen LogP contribution in [0.3, 0.4) is 0 Å². The minimum absolute atomic E-state index is 0.338. The van der Waals surface area contributed by atoms with Crippen LogP contribution < -0.4 is 0 Å². The van der Waals surface area contributed by atoms with E-state index >= 15 is 0 Å². The molecule has 0 aliphatic heterocycles. The number of phenols is 1. The minimum atomic E-state index is 0.338. The van der Waals surface area contributed by atoms with Gasteiger partial charge in [-0.15, -0.1) is 0 Å². The van der Waals surface area contributed by atoms with Gasteiger partial charge in [0.25, 0.3) is 0 Å². The third-order valence-electron chi connectivity index (χ3n) is 4.45. The lowest BCUT2D eigenvalue weighted by molar-refractivity contribution is 0.204. The molecular weight excluding hydrogens is 336 g/mol. The molecule has 0 atom stereocenters. The molecule has 0 bridgehead atoms. The maximum absolute atomic E-state index is 10.1. The largest absolute Gasteiger partial charge is 0.508 e. The van der Waals surface area contributed by atoms with Gasteiger partial charge in [-0.2, -0.15) is 0 Å². The predicted octanol–water partition coefficient (Wildman–Crippen LogP) is 3.32. The molecular formula is C22H26N4O. The number of likely N-dealkylation sites (N-methyl/N-ethyl adjacent to an activating group) is 1. The van der Waals surface area contributed by atoms with E-state index in [1.54, 1.807) is 6.07 Å². The second-order valence-corrected chi connectivity index (χ2v) is 6.72. The van der Waals surface area contributed by atoms with Crippen LogP contribution in [0, 0.1) is 0 Å². The normalized spacial score (nSPS) is 11.2. The summed E-state index contributed by atoms with van der Waals surface area (Å²) < 4.78 is 0. The Balaban J connectivity index is 1.63. The summed E-state index contributed by atoms with van der Waals surface area (Å²) in [6, 6.07) is 19.5. The Morgan fingerprint density at radius 3 is 2.00 bits per heavy atom. The van der Waals surface area contributed by atoms with Crippen molar-refractivity contribution < 1.29 is 5.11 Å². The third kappa shape index (κ3) is 6.16. The highest BCUT2D eigenvalue weighted by atomic mass is 16.3. The van der Waals surface area contributed by atoms with Gasteiger partial charge in [0.1, 0.15) is 5.75 Å².